The van der Waals surface area contributed by atoms with E-state index in [1.165, 1.54) is 38.5 Å². The summed E-state index contributed by atoms with van der Waals surface area (Å²) in [7, 11) is 3.25. The first-order valence-corrected chi connectivity index (χ1v) is 7.81. The van der Waals surface area contributed by atoms with Crippen molar-refractivity contribution < 1.29 is 9.47 Å². The van der Waals surface area contributed by atoms with Crippen LogP contribution in [0.15, 0.2) is 0 Å². The lowest BCUT2D eigenvalue weighted by atomic mass is 9.95. The summed E-state index contributed by atoms with van der Waals surface area (Å²) in [6.45, 7) is 4.42. The molecule has 0 aromatic carbocycles. The molecule has 2 nitrogen and oxygen atoms in total. The van der Waals surface area contributed by atoms with E-state index < -0.39 is 5.25 Å². The van der Waals surface area contributed by atoms with E-state index in [0.717, 1.165) is 19.3 Å². The summed E-state index contributed by atoms with van der Waals surface area (Å²) in [4.78, 5) is 0. The summed E-state index contributed by atoms with van der Waals surface area (Å²) < 4.78 is 10.7. The van der Waals surface area contributed by atoms with Crippen LogP contribution in [0.4, 0.5) is 0 Å². The zero-order chi connectivity index (χ0) is 13.9. The van der Waals surface area contributed by atoms with Gasteiger partial charge in [-0.2, -0.15) is 0 Å². The first-order valence-electron chi connectivity index (χ1n) is 7.43. The number of hydrogen-bond acceptors (Lipinski definition) is 2. The van der Waals surface area contributed by atoms with Crippen LogP contribution in [-0.4, -0.2) is 19.5 Å². The van der Waals surface area contributed by atoms with Gasteiger partial charge in [0.1, 0.15) is 0 Å². The molecule has 1 atom stereocenters. The Kier molecular flexibility index (Phi) is 11.2. The van der Waals surface area contributed by atoms with E-state index in [-0.39, 0.29) is 5.92 Å². The summed E-state index contributed by atoms with van der Waals surface area (Å²) in [5.41, 5.74) is 0. The molecule has 0 aliphatic carbocycles. The Morgan fingerprint density at radius 2 is 1.39 bits per heavy atom. The van der Waals surface area contributed by atoms with E-state index in [0.29, 0.717) is 0 Å². The average Bonchev–Trinajstić information content (AvgIpc) is 2.40. The van der Waals surface area contributed by atoms with Crippen LogP contribution in [0, 0.1) is 5.92 Å². The molecule has 0 radical (unpaired) electrons. The summed E-state index contributed by atoms with van der Waals surface area (Å²) in [6, 6.07) is 0. The van der Waals surface area contributed by atoms with Crippen LogP contribution in [0.25, 0.3) is 0 Å². The Bertz CT molecular complexity index is 181. The number of alkyl halides is 1. The van der Waals surface area contributed by atoms with Gasteiger partial charge < -0.3 is 9.47 Å². The van der Waals surface area contributed by atoms with Crippen molar-refractivity contribution in [1.29, 1.82) is 0 Å². The van der Waals surface area contributed by atoms with E-state index in [1.54, 1.807) is 14.2 Å². The second-order valence-corrected chi connectivity index (χ2v) is 5.56. The molecule has 0 aliphatic heterocycles. The Labute approximate surface area is 118 Å². The van der Waals surface area contributed by atoms with Crippen molar-refractivity contribution >= 4 is 11.6 Å². The number of halogens is 1. The van der Waals surface area contributed by atoms with Crippen molar-refractivity contribution in [3.8, 4) is 0 Å². The van der Waals surface area contributed by atoms with Gasteiger partial charge in [0.2, 0.25) is 0 Å². The molecule has 0 heterocycles. The largest absolute Gasteiger partial charge is 0.340 e. The predicted molar refractivity (Wildman–Crippen MR) is 79.0 cm³/mol. The molecule has 0 N–H and O–H groups in total. The fraction of sp³-hybridized carbons (Fsp3) is 1.00. The van der Waals surface area contributed by atoms with Gasteiger partial charge in [0.05, 0.1) is 0 Å². The van der Waals surface area contributed by atoms with E-state index in [4.69, 9.17) is 21.1 Å². The Balaban J connectivity index is 3.96. The number of methoxy groups -OCH3 is 2. The minimum absolute atomic E-state index is 0.283. The van der Waals surface area contributed by atoms with E-state index in [1.807, 2.05) is 0 Å². The van der Waals surface area contributed by atoms with Gasteiger partial charge in [-0.25, -0.2) is 0 Å². The molecule has 0 saturated heterocycles. The topological polar surface area (TPSA) is 18.5 Å². The molecule has 3 heteroatoms. The van der Waals surface area contributed by atoms with Gasteiger partial charge >= 0.3 is 0 Å². The number of unbranched alkanes of at least 4 members (excludes halogenated alkanes) is 5. The summed E-state index contributed by atoms with van der Waals surface area (Å²) >= 11 is 6.37. The number of hydrogen-bond donors (Lipinski definition) is 0. The Morgan fingerprint density at radius 3 is 1.89 bits per heavy atom. The maximum absolute atomic E-state index is 6.37. The van der Waals surface area contributed by atoms with Gasteiger partial charge in [0.15, 0.2) is 0 Å². The van der Waals surface area contributed by atoms with Crippen molar-refractivity contribution in [2.24, 2.45) is 5.92 Å². The van der Waals surface area contributed by atoms with Crippen LogP contribution >= 0.6 is 11.6 Å². The third-order valence-electron chi connectivity index (χ3n) is 3.59. The number of ether oxygens (including phenoxy) is 2. The van der Waals surface area contributed by atoms with Crippen molar-refractivity contribution in [2.45, 2.75) is 76.9 Å². The maximum Gasteiger partial charge on any atom is 0.250 e. The fourth-order valence-electron chi connectivity index (χ4n) is 2.43. The van der Waals surface area contributed by atoms with E-state index >= 15 is 0 Å². The van der Waals surface area contributed by atoms with Crippen molar-refractivity contribution in [3.05, 3.63) is 0 Å². The van der Waals surface area contributed by atoms with Crippen LogP contribution in [0.2, 0.25) is 0 Å². The highest BCUT2D eigenvalue weighted by Gasteiger charge is 2.36. The molecule has 0 fully saturated rings. The summed E-state index contributed by atoms with van der Waals surface area (Å²) in [5.74, 6) is 0.283. The van der Waals surface area contributed by atoms with Gasteiger partial charge in [-0.1, -0.05) is 70.4 Å². The monoisotopic (exact) mass is 278 g/mol. The SMILES string of the molecule is CCCCCCCCC(CCC)C(Cl)(OC)OC. The highest BCUT2D eigenvalue weighted by atomic mass is 35.5. The van der Waals surface area contributed by atoms with Gasteiger partial charge in [-0.15, -0.1) is 0 Å². The molecule has 0 aliphatic rings. The van der Waals surface area contributed by atoms with Gasteiger partial charge in [0, 0.05) is 20.1 Å². The van der Waals surface area contributed by atoms with Crippen LogP contribution in [0.5, 0.6) is 0 Å². The van der Waals surface area contributed by atoms with Crippen LogP contribution in [-0.2, 0) is 9.47 Å². The third-order valence-corrected chi connectivity index (χ3v) is 4.20. The Hall–Kier alpha value is 0.210. The van der Waals surface area contributed by atoms with Gasteiger partial charge in [-0.3, -0.25) is 0 Å². The van der Waals surface area contributed by atoms with Gasteiger partial charge in [0.25, 0.3) is 5.25 Å². The fourth-order valence-corrected chi connectivity index (χ4v) is 2.64. The first kappa shape index (κ1) is 18.2. The normalized spacial score (nSPS) is 13.8. The standard InChI is InChI=1S/C15H31ClO2/c1-5-7-8-9-10-11-13-14(12-6-2)15(16,17-3)18-4/h14H,5-13H2,1-4H3. The van der Waals surface area contributed by atoms with Crippen molar-refractivity contribution in [3.63, 3.8) is 0 Å². The minimum Gasteiger partial charge on any atom is -0.340 e. The Morgan fingerprint density at radius 1 is 0.833 bits per heavy atom. The van der Waals surface area contributed by atoms with E-state index in [2.05, 4.69) is 13.8 Å². The molecular weight excluding hydrogens is 248 g/mol. The maximum atomic E-state index is 6.37. The van der Waals surface area contributed by atoms with Gasteiger partial charge in [-0.05, 0) is 12.8 Å². The third kappa shape index (κ3) is 6.96. The smallest absolute Gasteiger partial charge is 0.250 e. The molecule has 0 aromatic heterocycles. The molecular formula is C15H31ClO2. The molecule has 110 valence electrons. The molecule has 0 rings (SSSR count). The zero-order valence-corrected chi connectivity index (χ0v) is 13.4. The highest BCUT2D eigenvalue weighted by molar-refractivity contribution is 6.22. The van der Waals surface area contributed by atoms with Crippen LogP contribution in [0.3, 0.4) is 0 Å². The van der Waals surface area contributed by atoms with Crippen LogP contribution < -0.4 is 0 Å². The second-order valence-electron chi connectivity index (χ2n) is 5.03. The van der Waals surface area contributed by atoms with Crippen LogP contribution in [0.1, 0.15) is 71.6 Å². The molecule has 0 aromatic rings. The molecule has 18 heavy (non-hydrogen) atoms. The zero-order valence-electron chi connectivity index (χ0n) is 12.6. The summed E-state index contributed by atoms with van der Waals surface area (Å²) in [6.07, 6.45) is 11.1. The summed E-state index contributed by atoms with van der Waals surface area (Å²) in [5, 5.41) is -0.931. The molecule has 0 bridgehead atoms. The average molecular weight is 279 g/mol. The first-order chi connectivity index (χ1) is 8.64. The lowest BCUT2D eigenvalue weighted by Gasteiger charge is -2.32. The molecule has 1 unspecified atom stereocenters. The predicted octanol–water partition coefficient (Wildman–Crippen LogP) is 5.34. The number of rotatable bonds is 12. The lowest BCUT2D eigenvalue weighted by molar-refractivity contribution is -0.179. The quantitative estimate of drug-likeness (QED) is 0.273. The van der Waals surface area contributed by atoms with Crippen molar-refractivity contribution in [2.75, 3.05) is 14.2 Å². The van der Waals surface area contributed by atoms with Crippen molar-refractivity contribution in [1.82, 2.24) is 0 Å². The van der Waals surface area contributed by atoms with E-state index in [9.17, 15) is 0 Å². The second kappa shape index (κ2) is 11.1. The lowest BCUT2D eigenvalue weighted by Crippen LogP contribution is -2.36. The molecule has 0 spiro atoms. The minimum atomic E-state index is -0.931. The molecule has 0 saturated carbocycles. The molecule has 0 amide bonds. The highest BCUT2D eigenvalue weighted by Crippen LogP contribution is 2.34.